The van der Waals surface area contributed by atoms with Crippen LogP contribution in [0.2, 0.25) is 0 Å². The molecule has 2 aliphatic rings. The van der Waals surface area contributed by atoms with Crippen molar-refractivity contribution < 1.29 is 50.6 Å². The number of alkyl halides is 2. The third-order valence-corrected chi connectivity index (χ3v) is 8.27. The van der Waals surface area contributed by atoms with Crippen LogP contribution >= 0.6 is 0 Å². The van der Waals surface area contributed by atoms with Crippen molar-refractivity contribution in [2.45, 2.75) is 71.4 Å². The molecule has 0 spiro atoms. The maximum absolute atomic E-state index is 14.2. The second-order valence-electron chi connectivity index (χ2n) is 13.6. The van der Waals surface area contributed by atoms with Crippen molar-refractivity contribution in [3.8, 4) is 23.0 Å². The Morgan fingerprint density at radius 3 is 2.47 bits per heavy atom. The first kappa shape index (κ1) is 37.4. The minimum Gasteiger partial charge on any atom is -0.489 e. The number of carbonyl (C=O) groups is 3. The van der Waals surface area contributed by atoms with Gasteiger partial charge in [-0.05, 0) is 77.8 Å². The predicted molar refractivity (Wildman–Crippen MR) is 175 cm³/mol. The van der Waals surface area contributed by atoms with E-state index >= 15 is 0 Å². The lowest BCUT2D eigenvalue weighted by atomic mass is 10.1. The van der Waals surface area contributed by atoms with E-state index < -0.39 is 53.8 Å². The average molecular weight is 720 g/mol. The molecule has 1 unspecified atom stereocenters. The quantitative estimate of drug-likeness (QED) is 0.227. The summed E-state index contributed by atoms with van der Waals surface area (Å²) < 4.78 is 75.7. The number of hydrogen-bond acceptors (Lipinski definition) is 9. The Morgan fingerprint density at radius 1 is 1.06 bits per heavy atom. The number of amides is 3. The van der Waals surface area contributed by atoms with Gasteiger partial charge in [-0.25, -0.2) is 18.6 Å². The molecule has 0 radical (unpaired) electrons. The summed E-state index contributed by atoms with van der Waals surface area (Å²) in [6.07, 6.45) is 1.15. The summed E-state index contributed by atoms with van der Waals surface area (Å²) in [5.41, 5.74) is -0.585. The van der Waals surface area contributed by atoms with Crippen molar-refractivity contribution in [2.75, 3.05) is 33.3 Å². The number of piperazine rings is 1. The Labute approximate surface area is 292 Å². The third kappa shape index (κ3) is 9.90. The van der Waals surface area contributed by atoms with Gasteiger partial charge in [-0.2, -0.15) is 8.78 Å². The van der Waals surface area contributed by atoms with Crippen LogP contribution in [-0.2, 0) is 16.1 Å². The Bertz CT molecular complexity index is 1740. The molecule has 2 aromatic carbocycles. The van der Waals surface area contributed by atoms with Crippen LogP contribution < -0.4 is 20.1 Å². The van der Waals surface area contributed by atoms with Crippen molar-refractivity contribution in [2.24, 2.45) is 5.92 Å². The standard InChI is InChI=1S/C35H41F4N5O7/c1-19(41-34(47)51-35(2,3)4)29-28(42-31(50-29)21-9-11-26(49-33(38)39)27(14-21)48-18-20-6-7-20)32(46)44-13-12-43(5)25(17-44)30(45)40-16-22-8-10-23(36)15-24(22)37/h8-11,14-15,19-20,25,33H,6-7,12-13,16-18H2,1-5H3,(H,40,45)(H,41,47)/t19-,25?/m0/s1. The molecule has 12 nitrogen and oxygen atoms in total. The number of nitrogens with one attached hydrogen (secondary N) is 2. The molecule has 3 aromatic rings. The van der Waals surface area contributed by atoms with E-state index in [9.17, 15) is 31.9 Å². The molecule has 1 aliphatic heterocycles. The molecule has 5 rings (SSSR count). The van der Waals surface area contributed by atoms with Gasteiger partial charge < -0.3 is 34.2 Å². The highest BCUT2D eigenvalue weighted by molar-refractivity contribution is 5.95. The van der Waals surface area contributed by atoms with Crippen molar-refractivity contribution in [1.29, 1.82) is 0 Å². The lowest BCUT2D eigenvalue weighted by Crippen LogP contribution is -2.58. The number of ether oxygens (including phenoxy) is 3. The zero-order valence-corrected chi connectivity index (χ0v) is 28.9. The first-order valence-corrected chi connectivity index (χ1v) is 16.5. The Hall–Kier alpha value is -4.86. The normalized spacial score (nSPS) is 17.2. The van der Waals surface area contributed by atoms with E-state index in [0.29, 0.717) is 19.1 Å². The Balaban J connectivity index is 1.41. The minimum atomic E-state index is -3.09. The molecule has 0 bridgehead atoms. The number of alkyl carbamates (subject to hydrolysis) is 1. The van der Waals surface area contributed by atoms with Gasteiger partial charge in [-0.3, -0.25) is 14.5 Å². The largest absolute Gasteiger partial charge is 0.489 e. The number of aromatic nitrogens is 1. The summed E-state index contributed by atoms with van der Waals surface area (Å²) >= 11 is 0. The molecule has 1 saturated heterocycles. The fourth-order valence-electron chi connectivity index (χ4n) is 5.35. The van der Waals surface area contributed by atoms with Crippen LogP contribution in [-0.4, -0.2) is 84.2 Å². The van der Waals surface area contributed by atoms with Gasteiger partial charge in [-0.1, -0.05) is 6.07 Å². The second kappa shape index (κ2) is 15.6. The lowest BCUT2D eigenvalue weighted by molar-refractivity contribution is -0.127. The topological polar surface area (TPSA) is 135 Å². The van der Waals surface area contributed by atoms with Gasteiger partial charge in [0.05, 0.1) is 12.6 Å². The van der Waals surface area contributed by atoms with Gasteiger partial charge in [0, 0.05) is 43.4 Å². The lowest BCUT2D eigenvalue weighted by Gasteiger charge is -2.38. The summed E-state index contributed by atoms with van der Waals surface area (Å²) in [6, 6.07) is 5.45. The van der Waals surface area contributed by atoms with Crippen LogP contribution in [0.5, 0.6) is 11.5 Å². The van der Waals surface area contributed by atoms with Crippen LogP contribution in [0.4, 0.5) is 22.4 Å². The molecule has 2 N–H and O–H groups in total. The van der Waals surface area contributed by atoms with E-state index in [1.54, 1.807) is 39.6 Å². The molecule has 1 aliphatic carbocycles. The maximum Gasteiger partial charge on any atom is 0.408 e. The third-order valence-electron chi connectivity index (χ3n) is 8.27. The molecule has 2 fully saturated rings. The van der Waals surface area contributed by atoms with Gasteiger partial charge in [0.1, 0.15) is 23.3 Å². The molecule has 276 valence electrons. The highest BCUT2D eigenvalue weighted by Crippen LogP contribution is 2.37. The summed E-state index contributed by atoms with van der Waals surface area (Å²) in [7, 11) is 1.71. The number of oxazole rings is 1. The van der Waals surface area contributed by atoms with Gasteiger partial charge in [0.25, 0.3) is 5.91 Å². The van der Waals surface area contributed by atoms with Crippen LogP contribution in [0.15, 0.2) is 40.8 Å². The molecule has 2 heterocycles. The molecule has 1 saturated carbocycles. The van der Waals surface area contributed by atoms with Crippen LogP contribution in [0.3, 0.4) is 0 Å². The van der Waals surface area contributed by atoms with Gasteiger partial charge in [0.15, 0.2) is 23.0 Å². The van der Waals surface area contributed by atoms with Gasteiger partial charge in [-0.15, -0.1) is 0 Å². The van der Waals surface area contributed by atoms with Crippen LogP contribution in [0.25, 0.3) is 11.5 Å². The fraction of sp³-hybridized carbons (Fsp3) is 0.486. The van der Waals surface area contributed by atoms with Crippen LogP contribution in [0.1, 0.15) is 68.4 Å². The van der Waals surface area contributed by atoms with Crippen molar-refractivity contribution in [3.05, 3.63) is 65.1 Å². The zero-order chi connectivity index (χ0) is 37.0. The summed E-state index contributed by atoms with van der Waals surface area (Å²) in [5.74, 6) is -2.52. The van der Waals surface area contributed by atoms with Crippen LogP contribution in [0, 0.1) is 17.6 Å². The Morgan fingerprint density at radius 2 is 1.80 bits per heavy atom. The first-order chi connectivity index (χ1) is 24.1. The highest BCUT2D eigenvalue weighted by atomic mass is 19.3. The second-order valence-corrected chi connectivity index (χ2v) is 13.6. The number of hydrogen-bond donors (Lipinski definition) is 2. The SMILES string of the molecule is C[C@H](NC(=O)OC(C)(C)C)c1oc(-c2ccc(OC(F)F)c(OCC3CC3)c2)nc1C(=O)N1CCN(C)C(C(=O)NCc2ccc(F)cc2F)C1. The maximum atomic E-state index is 14.2. The predicted octanol–water partition coefficient (Wildman–Crippen LogP) is 5.67. The number of rotatable bonds is 12. The van der Waals surface area contributed by atoms with Crippen molar-refractivity contribution in [3.63, 3.8) is 0 Å². The smallest absolute Gasteiger partial charge is 0.408 e. The summed E-state index contributed by atoms with van der Waals surface area (Å²) in [4.78, 5) is 47.7. The molecule has 16 heteroatoms. The van der Waals surface area contributed by atoms with E-state index in [0.717, 1.165) is 25.0 Å². The number of nitrogens with zero attached hydrogens (tertiary/aromatic N) is 3. The van der Waals surface area contributed by atoms with E-state index in [-0.39, 0.29) is 59.6 Å². The van der Waals surface area contributed by atoms with E-state index in [1.807, 2.05) is 0 Å². The molecule has 2 atom stereocenters. The summed E-state index contributed by atoms with van der Waals surface area (Å²) in [6.45, 7) is 4.12. The zero-order valence-electron chi connectivity index (χ0n) is 28.9. The Kier molecular flexibility index (Phi) is 11.4. The fourth-order valence-corrected chi connectivity index (χ4v) is 5.35. The van der Waals surface area contributed by atoms with Gasteiger partial charge >= 0.3 is 12.7 Å². The first-order valence-electron chi connectivity index (χ1n) is 16.5. The summed E-state index contributed by atoms with van der Waals surface area (Å²) in [5, 5.41) is 5.30. The molecule has 1 aromatic heterocycles. The monoisotopic (exact) mass is 719 g/mol. The minimum absolute atomic E-state index is 0.0130. The van der Waals surface area contributed by atoms with Crippen molar-refractivity contribution in [1.82, 2.24) is 25.4 Å². The number of likely N-dealkylation sites (N-methyl/N-ethyl adjacent to an activating group) is 1. The molecular weight excluding hydrogens is 678 g/mol. The molecule has 51 heavy (non-hydrogen) atoms. The van der Waals surface area contributed by atoms with E-state index in [2.05, 4.69) is 20.4 Å². The van der Waals surface area contributed by atoms with Gasteiger partial charge in [0.2, 0.25) is 11.8 Å². The molecular formula is C35H41F4N5O7. The molecule has 3 amide bonds. The highest BCUT2D eigenvalue weighted by Gasteiger charge is 2.36. The van der Waals surface area contributed by atoms with E-state index in [1.165, 1.54) is 29.2 Å². The number of halogens is 4. The average Bonchev–Trinajstić information content (AvgIpc) is 3.77. The number of carbonyl (C=O) groups excluding carboxylic acids is 3. The van der Waals surface area contributed by atoms with Crippen molar-refractivity contribution >= 4 is 17.9 Å². The van der Waals surface area contributed by atoms with E-state index in [4.69, 9.17) is 13.9 Å². The number of benzene rings is 2.